The third kappa shape index (κ3) is 2.09. The van der Waals surface area contributed by atoms with Gasteiger partial charge in [0.25, 0.3) is 0 Å². The van der Waals surface area contributed by atoms with E-state index in [1.807, 2.05) is 4.90 Å². The molecule has 1 aliphatic carbocycles. The lowest BCUT2D eigenvalue weighted by atomic mass is 10.0. The number of anilines is 2. The molecule has 0 bridgehead atoms. The minimum atomic E-state index is 0.304. The predicted octanol–water partition coefficient (Wildman–Crippen LogP) is 2.81. The van der Waals surface area contributed by atoms with Crippen LogP contribution >= 0.6 is 0 Å². The summed E-state index contributed by atoms with van der Waals surface area (Å²) >= 11 is 0. The summed E-state index contributed by atoms with van der Waals surface area (Å²) in [4.78, 5) is 14.3. The van der Waals surface area contributed by atoms with Crippen molar-refractivity contribution in [3.05, 3.63) is 23.8 Å². The van der Waals surface area contributed by atoms with Gasteiger partial charge in [-0.1, -0.05) is 6.07 Å². The molecule has 3 rings (SSSR count). The van der Waals surface area contributed by atoms with Gasteiger partial charge in [0.05, 0.1) is 0 Å². The van der Waals surface area contributed by atoms with Gasteiger partial charge in [-0.3, -0.25) is 4.79 Å². The molecule has 1 aliphatic heterocycles. The Bertz CT molecular complexity index is 466. The lowest BCUT2D eigenvalue weighted by molar-refractivity contribution is -0.119. The van der Waals surface area contributed by atoms with Crippen LogP contribution in [0.3, 0.4) is 0 Å². The Labute approximate surface area is 108 Å². The highest BCUT2D eigenvalue weighted by Crippen LogP contribution is 2.36. The monoisotopic (exact) mass is 244 g/mol. The van der Waals surface area contributed by atoms with Crippen molar-refractivity contribution >= 4 is 17.3 Å². The summed E-state index contributed by atoms with van der Waals surface area (Å²) in [5.74, 6) is 0.642. The molecule has 96 valence electrons. The normalized spacial score (nSPS) is 18.4. The SMILES string of the molecule is CCNc1ccc2c(c1)N(C(=O)C1CC1)CCC2. The van der Waals surface area contributed by atoms with Gasteiger partial charge in [0.15, 0.2) is 0 Å². The molecule has 3 heteroatoms. The van der Waals surface area contributed by atoms with Gasteiger partial charge in [-0.05, 0) is 50.3 Å². The molecule has 0 atom stereocenters. The van der Waals surface area contributed by atoms with Crippen LogP contribution in [0.2, 0.25) is 0 Å². The second kappa shape index (κ2) is 4.63. The second-order valence-electron chi connectivity index (χ2n) is 5.24. The van der Waals surface area contributed by atoms with Crippen LogP contribution in [0.5, 0.6) is 0 Å². The Morgan fingerprint density at radius 3 is 3.00 bits per heavy atom. The van der Waals surface area contributed by atoms with Crippen LogP contribution < -0.4 is 10.2 Å². The molecule has 0 spiro atoms. The summed E-state index contributed by atoms with van der Waals surface area (Å²) < 4.78 is 0. The van der Waals surface area contributed by atoms with E-state index in [4.69, 9.17) is 0 Å². The van der Waals surface area contributed by atoms with E-state index in [9.17, 15) is 4.79 Å². The molecular weight excluding hydrogens is 224 g/mol. The fraction of sp³-hybridized carbons (Fsp3) is 0.533. The fourth-order valence-corrected chi connectivity index (χ4v) is 2.67. The molecule has 1 aromatic carbocycles. The Balaban J connectivity index is 1.91. The number of hydrogen-bond donors (Lipinski definition) is 1. The number of benzene rings is 1. The van der Waals surface area contributed by atoms with Gasteiger partial charge in [0.1, 0.15) is 0 Å². The summed E-state index contributed by atoms with van der Waals surface area (Å²) in [6.45, 7) is 3.89. The fourth-order valence-electron chi connectivity index (χ4n) is 2.67. The first-order valence-corrected chi connectivity index (χ1v) is 6.97. The third-order valence-electron chi connectivity index (χ3n) is 3.78. The van der Waals surface area contributed by atoms with Gasteiger partial charge in [0.2, 0.25) is 5.91 Å². The summed E-state index contributed by atoms with van der Waals surface area (Å²) in [5, 5.41) is 3.32. The highest BCUT2D eigenvalue weighted by Gasteiger charge is 2.35. The molecule has 18 heavy (non-hydrogen) atoms. The molecular formula is C15H20N2O. The smallest absolute Gasteiger partial charge is 0.230 e. The van der Waals surface area contributed by atoms with Crippen LogP contribution in [0.1, 0.15) is 31.7 Å². The third-order valence-corrected chi connectivity index (χ3v) is 3.78. The molecule has 1 aromatic rings. The van der Waals surface area contributed by atoms with E-state index in [-0.39, 0.29) is 0 Å². The summed E-state index contributed by atoms with van der Waals surface area (Å²) in [6.07, 6.45) is 4.34. The van der Waals surface area contributed by atoms with Crippen molar-refractivity contribution in [2.45, 2.75) is 32.6 Å². The molecule has 0 aromatic heterocycles. The minimum absolute atomic E-state index is 0.304. The van der Waals surface area contributed by atoms with E-state index < -0.39 is 0 Å². The van der Waals surface area contributed by atoms with Gasteiger partial charge >= 0.3 is 0 Å². The van der Waals surface area contributed by atoms with Crippen LogP contribution in [-0.4, -0.2) is 19.0 Å². The average molecular weight is 244 g/mol. The number of hydrogen-bond acceptors (Lipinski definition) is 2. The Morgan fingerprint density at radius 2 is 2.28 bits per heavy atom. The van der Waals surface area contributed by atoms with Crippen molar-refractivity contribution in [3.63, 3.8) is 0 Å². The van der Waals surface area contributed by atoms with Crippen molar-refractivity contribution < 1.29 is 4.79 Å². The van der Waals surface area contributed by atoms with Crippen LogP contribution in [-0.2, 0) is 11.2 Å². The van der Waals surface area contributed by atoms with E-state index in [2.05, 4.69) is 30.4 Å². The number of carbonyl (C=O) groups is 1. The molecule has 1 fully saturated rings. The summed E-state index contributed by atoms with van der Waals surface area (Å²) in [7, 11) is 0. The molecule has 0 unspecified atom stereocenters. The van der Waals surface area contributed by atoms with Gasteiger partial charge in [-0.25, -0.2) is 0 Å². The van der Waals surface area contributed by atoms with E-state index in [1.54, 1.807) is 0 Å². The van der Waals surface area contributed by atoms with Crippen molar-refractivity contribution in [1.29, 1.82) is 0 Å². The molecule has 3 nitrogen and oxygen atoms in total. The highest BCUT2D eigenvalue weighted by molar-refractivity contribution is 5.98. The van der Waals surface area contributed by atoms with Crippen molar-refractivity contribution in [1.82, 2.24) is 0 Å². The molecule has 2 aliphatic rings. The average Bonchev–Trinajstić information content (AvgIpc) is 3.22. The van der Waals surface area contributed by atoms with Gasteiger partial charge in [-0.15, -0.1) is 0 Å². The number of rotatable bonds is 3. The van der Waals surface area contributed by atoms with Gasteiger partial charge in [-0.2, -0.15) is 0 Å². The second-order valence-corrected chi connectivity index (χ2v) is 5.24. The van der Waals surface area contributed by atoms with E-state index >= 15 is 0 Å². The van der Waals surface area contributed by atoms with Crippen LogP contribution in [0, 0.1) is 5.92 Å². The number of carbonyl (C=O) groups excluding carboxylic acids is 1. The maximum Gasteiger partial charge on any atom is 0.230 e. The number of fused-ring (bicyclic) bond motifs is 1. The number of nitrogens with one attached hydrogen (secondary N) is 1. The zero-order valence-corrected chi connectivity index (χ0v) is 10.9. The molecule has 0 radical (unpaired) electrons. The number of aryl methyl sites for hydroxylation is 1. The lowest BCUT2D eigenvalue weighted by Crippen LogP contribution is -2.36. The predicted molar refractivity (Wildman–Crippen MR) is 74.0 cm³/mol. The first-order chi connectivity index (χ1) is 8.79. The highest BCUT2D eigenvalue weighted by atomic mass is 16.2. The zero-order valence-electron chi connectivity index (χ0n) is 10.9. The van der Waals surface area contributed by atoms with Crippen LogP contribution in [0.4, 0.5) is 11.4 Å². The number of nitrogens with zero attached hydrogens (tertiary/aromatic N) is 1. The first kappa shape index (κ1) is 11.6. The lowest BCUT2D eigenvalue weighted by Gasteiger charge is -2.30. The maximum atomic E-state index is 12.3. The molecule has 1 saturated carbocycles. The quantitative estimate of drug-likeness (QED) is 0.886. The van der Waals surface area contributed by atoms with E-state index in [0.717, 1.165) is 50.1 Å². The number of amides is 1. The van der Waals surface area contributed by atoms with E-state index in [0.29, 0.717) is 11.8 Å². The van der Waals surface area contributed by atoms with Crippen molar-refractivity contribution in [2.75, 3.05) is 23.3 Å². The molecule has 1 heterocycles. The standard InChI is InChI=1S/C15H20N2O/c1-2-16-13-8-7-11-4-3-9-17(14(11)10-13)15(18)12-5-6-12/h7-8,10,12,16H,2-6,9H2,1H3. The minimum Gasteiger partial charge on any atom is -0.385 e. The Hall–Kier alpha value is -1.51. The Morgan fingerprint density at radius 1 is 1.44 bits per heavy atom. The van der Waals surface area contributed by atoms with Crippen LogP contribution in [0.25, 0.3) is 0 Å². The first-order valence-electron chi connectivity index (χ1n) is 6.97. The topological polar surface area (TPSA) is 32.3 Å². The molecule has 1 amide bonds. The summed E-state index contributed by atoms with van der Waals surface area (Å²) in [6, 6.07) is 6.42. The van der Waals surface area contributed by atoms with E-state index in [1.165, 1.54) is 5.56 Å². The molecule has 0 saturated heterocycles. The molecule has 1 N–H and O–H groups in total. The summed E-state index contributed by atoms with van der Waals surface area (Å²) in [5.41, 5.74) is 3.57. The van der Waals surface area contributed by atoms with Crippen LogP contribution in [0.15, 0.2) is 18.2 Å². The van der Waals surface area contributed by atoms with Gasteiger partial charge in [0, 0.05) is 30.4 Å². The zero-order chi connectivity index (χ0) is 12.5. The Kier molecular flexibility index (Phi) is 2.98. The van der Waals surface area contributed by atoms with Crippen molar-refractivity contribution in [2.24, 2.45) is 5.92 Å². The maximum absolute atomic E-state index is 12.3. The van der Waals surface area contributed by atoms with Crippen molar-refractivity contribution in [3.8, 4) is 0 Å². The largest absolute Gasteiger partial charge is 0.385 e. The van der Waals surface area contributed by atoms with Gasteiger partial charge < -0.3 is 10.2 Å².